The first-order valence-electron chi connectivity index (χ1n) is 7.01. The highest BCUT2D eigenvalue weighted by molar-refractivity contribution is 7.10. The molecule has 0 fully saturated rings. The summed E-state index contributed by atoms with van der Waals surface area (Å²) in [6, 6.07) is 8.71. The van der Waals surface area contributed by atoms with Crippen LogP contribution in [0.25, 0.3) is 0 Å². The summed E-state index contributed by atoms with van der Waals surface area (Å²) >= 11 is 1.76. The van der Waals surface area contributed by atoms with Gasteiger partial charge in [0.2, 0.25) is 5.91 Å². The molecule has 2 aromatic rings. The summed E-state index contributed by atoms with van der Waals surface area (Å²) in [4.78, 5) is 15.4. The minimum atomic E-state index is -0.238. The van der Waals surface area contributed by atoms with Crippen LogP contribution in [-0.2, 0) is 24.3 Å². The zero-order valence-electron chi connectivity index (χ0n) is 11.6. The van der Waals surface area contributed by atoms with Crippen LogP contribution in [0, 0.1) is 5.82 Å². The first kappa shape index (κ1) is 14.2. The smallest absolute Gasteiger partial charge is 0.236 e. The van der Waals surface area contributed by atoms with Gasteiger partial charge < -0.3 is 10.2 Å². The quantitative estimate of drug-likeness (QED) is 0.941. The van der Waals surface area contributed by atoms with Crippen molar-refractivity contribution in [3.63, 3.8) is 0 Å². The fourth-order valence-corrected chi connectivity index (χ4v) is 3.41. The van der Waals surface area contributed by atoms with Crippen LogP contribution in [0.4, 0.5) is 4.39 Å². The second-order valence-electron chi connectivity index (χ2n) is 5.13. The number of hydrogen-bond donors (Lipinski definition) is 1. The predicted octanol–water partition coefficient (Wildman–Crippen LogP) is 2.56. The van der Waals surface area contributed by atoms with Gasteiger partial charge in [-0.15, -0.1) is 11.3 Å². The standard InChI is InChI=1S/C16H17FN2OS/c17-14-4-2-1-3-12(14)9-18-10-16(20)19-7-5-15-13(11-19)6-8-21-15/h1-4,6,8,18H,5,7,9-11H2. The molecule has 1 aliphatic rings. The summed E-state index contributed by atoms with van der Waals surface area (Å²) in [5.41, 5.74) is 1.85. The van der Waals surface area contributed by atoms with E-state index in [1.807, 2.05) is 4.90 Å². The van der Waals surface area contributed by atoms with Crippen molar-refractivity contribution < 1.29 is 9.18 Å². The Morgan fingerprint density at radius 2 is 2.19 bits per heavy atom. The number of amides is 1. The molecule has 110 valence electrons. The topological polar surface area (TPSA) is 32.3 Å². The molecule has 21 heavy (non-hydrogen) atoms. The molecule has 3 rings (SSSR count). The van der Waals surface area contributed by atoms with E-state index in [4.69, 9.17) is 0 Å². The number of carbonyl (C=O) groups excluding carboxylic acids is 1. The van der Waals surface area contributed by atoms with Gasteiger partial charge in [0.25, 0.3) is 0 Å². The molecule has 2 heterocycles. The van der Waals surface area contributed by atoms with Gasteiger partial charge >= 0.3 is 0 Å². The first-order chi connectivity index (χ1) is 10.2. The molecule has 1 amide bonds. The monoisotopic (exact) mass is 304 g/mol. The van der Waals surface area contributed by atoms with E-state index in [2.05, 4.69) is 16.8 Å². The maximum atomic E-state index is 13.5. The van der Waals surface area contributed by atoms with Gasteiger partial charge in [0.05, 0.1) is 6.54 Å². The summed E-state index contributed by atoms with van der Waals surface area (Å²) in [7, 11) is 0. The van der Waals surface area contributed by atoms with Gasteiger partial charge in [-0.05, 0) is 29.5 Å². The molecule has 1 aliphatic heterocycles. The van der Waals surface area contributed by atoms with Crippen molar-refractivity contribution in [1.29, 1.82) is 0 Å². The van der Waals surface area contributed by atoms with Gasteiger partial charge in [-0.3, -0.25) is 4.79 Å². The number of nitrogens with zero attached hydrogens (tertiary/aromatic N) is 1. The van der Waals surface area contributed by atoms with E-state index in [1.54, 1.807) is 29.5 Å². The molecular weight excluding hydrogens is 287 g/mol. The molecular formula is C16H17FN2OS. The van der Waals surface area contributed by atoms with Crippen LogP contribution in [0.5, 0.6) is 0 Å². The van der Waals surface area contributed by atoms with Gasteiger partial charge in [0, 0.05) is 30.1 Å². The van der Waals surface area contributed by atoms with E-state index in [-0.39, 0.29) is 18.3 Å². The van der Waals surface area contributed by atoms with Gasteiger partial charge in [-0.25, -0.2) is 4.39 Å². The highest BCUT2D eigenvalue weighted by Gasteiger charge is 2.20. The third-order valence-electron chi connectivity index (χ3n) is 3.71. The summed E-state index contributed by atoms with van der Waals surface area (Å²) in [6.45, 7) is 2.08. The summed E-state index contributed by atoms with van der Waals surface area (Å²) in [5, 5.41) is 5.11. The minimum absolute atomic E-state index is 0.0724. The third-order valence-corrected chi connectivity index (χ3v) is 4.73. The number of fused-ring (bicyclic) bond motifs is 1. The molecule has 5 heteroatoms. The van der Waals surface area contributed by atoms with Crippen molar-refractivity contribution in [2.45, 2.75) is 19.5 Å². The van der Waals surface area contributed by atoms with Gasteiger partial charge in [-0.2, -0.15) is 0 Å². The predicted molar refractivity (Wildman–Crippen MR) is 81.5 cm³/mol. The molecule has 1 N–H and O–H groups in total. The van der Waals surface area contributed by atoms with Crippen LogP contribution in [0.1, 0.15) is 16.0 Å². The summed E-state index contributed by atoms with van der Waals surface area (Å²) in [5.74, 6) is -0.165. The summed E-state index contributed by atoms with van der Waals surface area (Å²) in [6.07, 6.45) is 0.937. The number of thiophene rings is 1. The Balaban J connectivity index is 1.50. The number of rotatable bonds is 4. The second kappa shape index (κ2) is 6.37. The lowest BCUT2D eigenvalue weighted by molar-refractivity contribution is -0.131. The fraction of sp³-hybridized carbons (Fsp3) is 0.312. The van der Waals surface area contributed by atoms with Crippen molar-refractivity contribution >= 4 is 17.2 Å². The number of halogens is 1. The second-order valence-corrected chi connectivity index (χ2v) is 6.13. The Morgan fingerprint density at radius 3 is 3.05 bits per heavy atom. The zero-order chi connectivity index (χ0) is 14.7. The molecule has 0 spiro atoms. The van der Waals surface area contributed by atoms with Crippen molar-refractivity contribution in [2.24, 2.45) is 0 Å². The van der Waals surface area contributed by atoms with Crippen LogP contribution < -0.4 is 5.32 Å². The zero-order valence-corrected chi connectivity index (χ0v) is 12.5. The molecule has 0 aliphatic carbocycles. The molecule has 0 saturated carbocycles. The Bertz CT molecular complexity index is 641. The number of hydrogen-bond acceptors (Lipinski definition) is 3. The highest BCUT2D eigenvalue weighted by atomic mass is 32.1. The molecule has 0 unspecified atom stereocenters. The Kier molecular flexibility index (Phi) is 4.31. The Morgan fingerprint density at radius 1 is 1.33 bits per heavy atom. The molecule has 0 saturated heterocycles. The van der Waals surface area contributed by atoms with Crippen molar-refractivity contribution in [3.05, 3.63) is 57.5 Å². The maximum absolute atomic E-state index is 13.5. The van der Waals surface area contributed by atoms with Crippen LogP contribution in [0.2, 0.25) is 0 Å². The highest BCUT2D eigenvalue weighted by Crippen LogP contribution is 2.23. The third kappa shape index (κ3) is 3.31. The average molecular weight is 304 g/mol. The van der Waals surface area contributed by atoms with E-state index in [9.17, 15) is 9.18 Å². The summed E-state index contributed by atoms with van der Waals surface area (Å²) < 4.78 is 13.5. The SMILES string of the molecule is O=C(CNCc1ccccc1F)N1CCc2sccc2C1. The molecule has 0 radical (unpaired) electrons. The van der Waals surface area contributed by atoms with Crippen LogP contribution >= 0.6 is 11.3 Å². The van der Waals surface area contributed by atoms with Gasteiger partial charge in [0.15, 0.2) is 0 Å². The lowest BCUT2D eigenvalue weighted by atomic mass is 10.1. The van der Waals surface area contributed by atoms with Crippen LogP contribution in [0.15, 0.2) is 35.7 Å². The number of benzene rings is 1. The van der Waals surface area contributed by atoms with Crippen molar-refractivity contribution in [1.82, 2.24) is 10.2 Å². The first-order valence-corrected chi connectivity index (χ1v) is 7.89. The fourth-order valence-electron chi connectivity index (χ4n) is 2.52. The average Bonchev–Trinajstić information content (AvgIpc) is 2.96. The van der Waals surface area contributed by atoms with E-state index in [0.29, 0.717) is 18.7 Å². The van der Waals surface area contributed by atoms with Crippen molar-refractivity contribution in [2.75, 3.05) is 13.1 Å². The number of carbonyl (C=O) groups is 1. The van der Waals surface area contributed by atoms with E-state index in [0.717, 1.165) is 13.0 Å². The molecule has 1 aromatic carbocycles. The van der Waals surface area contributed by atoms with Crippen LogP contribution in [-0.4, -0.2) is 23.9 Å². The van der Waals surface area contributed by atoms with Crippen LogP contribution in [0.3, 0.4) is 0 Å². The lowest BCUT2D eigenvalue weighted by Gasteiger charge is -2.27. The number of nitrogens with one attached hydrogen (secondary N) is 1. The van der Waals surface area contributed by atoms with Crippen molar-refractivity contribution in [3.8, 4) is 0 Å². The Hall–Kier alpha value is -1.72. The van der Waals surface area contributed by atoms with E-state index >= 15 is 0 Å². The molecule has 0 bridgehead atoms. The van der Waals surface area contributed by atoms with E-state index in [1.165, 1.54) is 16.5 Å². The molecule has 1 aromatic heterocycles. The Labute approximate surface area is 127 Å². The van der Waals surface area contributed by atoms with Gasteiger partial charge in [-0.1, -0.05) is 18.2 Å². The molecule has 3 nitrogen and oxygen atoms in total. The normalized spacial score (nSPS) is 14.0. The molecule has 0 atom stereocenters. The van der Waals surface area contributed by atoms with Gasteiger partial charge in [0.1, 0.15) is 5.82 Å². The lowest BCUT2D eigenvalue weighted by Crippen LogP contribution is -2.40. The maximum Gasteiger partial charge on any atom is 0.236 e. The minimum Gasteiger partial charge on any atom is -0.337 e. The van der Waals surface area contributed by atoms with E-state index < -0.39 is 0 Å². The largest absolute Gasteiger partial charge is 0.337 e.